The Kier molecular flexibility index (Phi) is 3.03. The minimum absolute atomic E-state index is 0.0577. The summed E-state index contributed by atoms with van der Waals surface area (Å²) in [5, 5.41) is 4.43. The van der Waals surface area contributed by atoms with Gasteiger partial charge in [0.2, 0.25) is 0 Å². The van der Waals surface area contributed by atoms with Gasteiger partial charge in [0.25, 0.3) is 0 Å². The molecule has 2 heterocycles. The van der Waals surface area contributed by atoms with Crippen LogP contribution >= 0.6 is 23.1 Å². The molecule has 0 saturated heterocycles. The van der Waals surface area contributed by atoms with Gasteiger partial charge in [-0.3, -0.25) is 4.99 Å². The van der Waals surface area contributed by atoms with Crippen molar-refractivity contribution in [2.45, 2.75) is 25.8 Å². The van der Waals surface area contributed by atoms with Gasteiger partial charge in [-0.25, -0.2) is 4.98 Å². The van der Waals surface area contributed by atoms with E-state index < -0.39 is 0 Å². The van der Waals surface area contributed by atoms with Crippen LogP contribution in [0.1, 0.15) is 20.3 Å². The van der Waals surface area contributed by atoms with E-state index in [-0.39, 0.29) is 5.54 Å². The van der Waals surface area contributed by atoms with Crippen molar-refractivity contribution < 1.29 is 0 Å². The van der Waals surface area contributed by atoms with E-state index in [0.717, 1.165) is 28.5 Å². The van der Waals surface area contributed by atoms with Crippen LogP contribution in [-0.2, 0) is 0 Å². The lowest BCUT2D eigenvalue weighted by atomic mass is 10.0. The third-order valence-corrected chi connectivity index (χ3v) is 4.61. The highest BCUT2D eigenvalue weighted by Crippen LogP contribution is 2.28. The maximum absolute atomic E-state index is 4.73. The van der Waals surface area contributed by atoms with Gasteiger partial charge in [-0.05, 0) is 38.5 Å². The summed E-state index contributed by atoms with van der Waals surface area (Å²) in [5.41, 5.74) is 4.09. The van der Waals surface area contributed by atoms with Crippen LogP contribution < -0.4 is 5.32 Å². The van der Waals surface area contributed by atoms with Crippen molar-refractivity contribution in [2.24, 2.45) is 4.99 Å². The molecule has 3 nitrogen and oxygen atoms in total. The van der Waals surface area contributed by atoms with Gasteiger partial charge in [-0.15, -0.1) is 11.3 Å². The van der Waals surface area contributed by atoms with Gasteiger partial charge in [0, 0.05) is 11.4 Å². The summed E-state index contributed by atoms with van der Waals surface area (Å²) in [7, 11) is 0. The SMILES string of the molecule is CC1(C)CCSC(Nc2ccc3ncsc3c2)=N1. The molecule has 0 aliphatic carbocycles. The molecule has 0 radical (unpaired) electrons. The first kappa shape index (κ1) is 12.0. The number of fused-ring (bicyclic) bond motifs is 1. The van der Waals surface area contributed by atoms with Crippen LogP contribution in [0.25, 0.3) is 10.2 Å². The average molecular weight is 277 g/mol. The minimum Gasteiger partial charge on any atom is -0.335 e. The van der Waals surface area contributed by atoms with Crippen molar-refractivity contribution >= 4 is 44.2 Å². The van der Waals surface area contributed by atoms with Gasteiger partial charge in [0.15, 0.2) is 5.17 Å². The van der Waals surface area contributed by atoms with E-state index >= 15 is 0 Å². The fraction of sp³-hybridized carbons (Fsp3) is 0.385. The second-order valence-electron chi connectivity index (χ2n) is 4.99. The number of hydrogen-bond donors (Lipinski definition) is 1. The zero-order valence-electron chi connectivity index (χ0n) is 10.4. The van der Waals surface area contributed by atoms with Gasteiger partial charge >= 0.3 is 0 Å². The van der Waals surface area contributed by atoms with Crippen LogP contribution in [0, 0.1) is 0 Å². The molecule has 1 aromatic heterocycles. The molecule has 0 amide bonds. The fourth-order valence-electron chi connectivity index (χ4n) is 1.88. The van der Waals surface area contributed by atoms with E-state index in [1.807, 2.05) is 11.6 Å². The van der Waals surface area contributed by atoms with Gasteiger partial charge in [0.05, 0.1) is 21.3 Å². The number of thiazole rings is 1. The van der Waals surface area contributed by atoms with E-state index in [1.54, 1.807) is 23.1 Å². The maximum atomic E-state index is 4.73. The smallest absolute Gasteiger partial charge is 0.161 e. The lowest BCUT2D eigenvalue weighted by molar-refractivity contribution is 0.507. The first-order valence-corrected chi connectivity index (χ1v) is 7.82. The number of benzene rings is 1. The molecule has 2 aromatic rings. The van der Waals surface area contributed by atoms with Crippen molar-refractivity contribution in [1.29, 1.82) is 0 Å². The highest BCUT2D eigenvalue weighted by molar-refractivity contribution is 8.14. The number of nitrogens with zero attached hydrogens (tertiary/aromatic N) is 2. The molecule has 1 aliphatic rings. The summed E-state index contributed by atoms with van der Waals surface area (Å²) < 4.78 is 1.21. The van der Waals surface area contributed by atoms with Crippen LogP contribution in [0.2, 0.25) is 0 Å². The maximum Gasteiger partial charge on any atom is 0.161 e. The van der Waals surface area contributed by atoms with Crippen LogP contribution in [0.3, 0.4) is 0 Å². The molecule has 5 heteroatoms. The predicted molar refractivity (Wildman–Crippen MR) is 81.8 cm³/mol. The Bertz CT molecular complexity index is 601. The third kappa shape index (κ3) is 2.52. The van der Waals surface area contributed by atoms with E-state index in [1.165, 1.54) is 4.70 Å². The van der Waals surface area contributed by atoms with E-state index in [2.05, 4.69) is 36.3 Å². The summed E-state index contributed by atoms with van der Waals surface area (Å²) >= 11 is 3.46. The number of nitrogens with one attached hydrogen (secondary N) is 1. The summed E-state index contributed by atoms with van der Waals surface area (Å²) in [4.78, 5) is 9.02. The molecule has 18 heavy (non-hydrogen) atoms. The molecular formula is C13H15N3S2. The fourth-order valence-corrected chi connectivity index (χ4v) is 3.89. The monoisotopic (exact) mass is 277 g/mol. The number of amidine groups is 1. The number of aliphatic imine (C=N–C) groups is 1. The normalized spacial score (nSPS) is 18.7. The third-order valence-electron chi connectivity index (χ3n) is 2.94. The van der Waals surface area contributed by atoms with Crippen molar-refractivity contribution in [2.75, 3.05) is 11.1 Å². The molecule has 3 rings (SSSR count). The number of rotatable bonds is 1. The number of hydrogen-bond acceptors (Lipinski definition) is 5. The first-order chi connectivity index (χ1) is 8.62. The van der Waals surface area contributed by atoms with Crippen LogP contribution in [0.4, 0.5) is 5.69 Å². The summed E-state index contributed by atoms with van der Waals surface area (Å²) in [5.74, 6) is 1.13. The Hall–Kier alpha value is -1.07. The molecule has 94 valence electrons. The summed E-state index contributed by atoms with van der Waals surface area (Å²) in [6.45, 7) is 4.36. The van der Waals surface area contributed by atoms with Gasteiger partial charge in [0.1, 0.15) is 0 Å². The standard InChI is InChI=1S/C13H15N3S2/c1-13(2)5-6-17-12(16-13)15-9-3-4-10-11(7-9)18-8-14-10/h3-4,7-8H,5-6H2,1-2H3,(H,15,16). The lowest BCUT2D eigenvalue weighted by Gasteiger charge is -2.26. The molecular weight excluding hydrogens is 262 g/mol. The van der Waals surface area contributed by atoms with Crippen LogP contribution in [0.15, 0.2) is 28.7 Å². The van der Waals surface area contributed by atoms with E-state index in [9.17, 15) is 0 Å². The summed E-state index contributed by atoms with van der Waals surface area (Å²) in [6, 6.07) is 6.25. The Morgan fingerprint density at radius 3 is 3.06 bits per heavy atom. The highest BCUT2D eigenvalue weighted by Gasteiger charge is 2.22. The predicted octanol–water partition coefficient (Wildman–Crippen LogP) is 3.98. The molecule has 1 N–H and O–H groups in total. The largest absolute Gasteiger partial charge is 0.335 e. The molecule has 1 aromatic carbocycles. The second-order valence-corrected chi connectivity index (χ2v) is 6.96. The zero-order chi connectivity index (χ0) is 12.6. The molecule has 0 bridgehead atoms. The van der Waals surface area contributed by atoms with Crippen molar-refractivity contribution in [1.82, 2.24) is 4.98 Å². The van der Waals surface area contributed by atoms with Crippen LogP contribution in [0.5, 0.6) is 0 Å². The molecule has 1 aliphatic heterocycles. The van der Waals surface area contributed by atoms with Gasteiger partial charge < -0.3 is 5.32 Å². The van der Waals surface area contributed by atoms with Crippen molar-refractivity contribution in [3.63, 3.8) is 0 Å². The summed E-state index contributed by atoms with van der Waals surface area (Å²) in [6.07, 6.45) is 1.14. The number of aromatic nitrogens is 1. The molecule has 0 saturated carbocycles. The zero-order valence-corrected chi connectivity index (χ0v) is 12.1. The van der Waals surface area contributed by atoms with Gasteiger partial charge in [-0.2, -0.15) is 0 Å². The lowest BCUT2D eigenvalue weighted by Crippen LogP contribution is -2.27. The Balaban J connectivity index is 1.85. The topological polar surface area (TPSA) is 37.3 Å². The number of thioether (sulfide) groups is 1. The Labute approximate surface area is 115 Å². The Morgan fingerprint density at radius 1 is 1.33 bits per heavy atom. The van der Waals surface area contributed by atoms with Crippen molar-refractivity contribution in [3.8, 4) is 0 Å². The van der Waals surface area contributed by atoms with Gasteiger partial charge in [-0.1, -0.05) is 11.8 Å². The first-order valence-electron chi connectivity index (χ1n) is 5.95. The Morgan fingerprint density at radius 2 is 2.22 bits per heavy atom. The molecule has 0 atom stereocenters. The highest BCUT2D eigenvalue weighted by atomic mass is 32.2. The second kappa shape index (κ2) is 4.55. The average Bonchev–Trinajstić information content (AvgIpc) is 2.74. The van der Waals surface area contributed by atoms with Crippen molar-refractivity contribution in [3.05, 3.63) is 23.7 Å². The quantitative estimate of drug-likeness (QED) is 0.856. The molecule has 0 unspecified atom stereocenters. The van der Waals surface area contributed by atoms with E-state index in [4.69, 9.17) is 4.99 Å². The minimum atomic E-state index is 0.0577. The molecule has 0 spiro atoms. The molecule has 0 fully saturated rings. The van der Waals surface area contributed by atoms with E-state index in [0.29, 0.717) is 0 Å². The number of anilines is 1. The van der Waals surface area contributed by atoms with Crippen LogP contribution in [-0.4, -0.2) is 21.4 Å².